The minimum atomic E-state index is -0.594. The van der Waals surface area contributed by atoms with Crippen molar-refractivity contribution in [1.82, 2.24) is 19.7 Å². The van der Waals surface area contributed by atoms with Crippen molar-refractivity contribution in [1.29, 1.82) is 5.26 Å². The van der Waals surface area contributed by atoms with E-state index in [1.165, 1.54) is 12.8 Å². The number of nitriles is 1. The molecule has 0 spiro atoms. The summed E-state index contributed by atoms with van der Waals surface area (Å²) in [6, 6.07) is 9.12. The van der Waals surface area contributed by atoms with Gasteiger partial charge in [0, 0.05) is 19.5 Å². The van der Waals surface area contributed by atoms with Crippen LogP contribution >= 0.6 is 0 Å². The van der Waals surface area contributed by atoms with Crippen molar-refractivity contribution in [2.75, 3.05) is 13.6 Å². The van der Waals surface area contributed by atoms with E-state index in [1.54, 1.807) is 24.3 Å². The lowest BCUT2D eigenvalue weighted by Gasteiger charge is -2.20. The molecule has 3 rings (SSSR count). The number of hydrogen-bond donors (Lipinski definition) is 1. The number of nitrogens with zero attached hydrogens (tertiary/aromatic N) is 5. The molecule has 1 saturated carbocycles. The molecule has 0 amide bonds. The van der Waals surface area contributed by atoms with Gasteiger partial charge in [0.25, 0.3) is 0 Å². The third-order valence-corrected chi connectivity index (χ3v) is 4.26. The van der Waals surface area contributed by atoms with Gasteiger partial charge >= 0.3 is 0 Å². The van der Waals surface area contributed by atoms with E-state index >= 15 is 0 Å². The molecule has 0 saturated heterocycles. The molecule has 1 N–H and O–H groups in total. The maximum absolute atomic E-state index is 10.3. The second-order valence-corrected chi connectivity index (χ2v) is 6.25. The Bertz CT molecular complexity index is 712. The van der Waals surface area contributed by atoms with Crippen LogP contribution in [0.5, 0.6) is 0 Å². The highest BCUT2D eigenvalue weighted by atomic mass is 16.3. The van der Waals surface area contributed by atoms with E-state index in [4.69, 9.17) is 5.26 Å². The predicted molar refractivity (Wildman–Crippen MR) is 85.4 cm³/mol. The largest absolute Gasteiger partial charge is 0.387 e. The fraction of sp³-hybridized carbons (Fsp3) is 0.471. The first-order chi connectivity index (χ1) is 11.1. The molecule has 1 aromatic carbocycles. The summed E-state index contributed by atoms with van der Waals surface area (Å²) >= 11 is 0. The molecule has 6 nitrogen and oxygen atoms in total. The van der Waals surface area contributed by atoms with Crippen molar-refractivity contribution in [3.63, 3.8) is 0 Å². The second-order valence-electron chi connectivity index (χ2n) is 6.25. The Labute approximate surface area is 136 Å². The number of aliphatic hydroxyl groups is 1. The molecule has 1 aliphatic carbocycles. The maximum atomic E-state index is 10.3. The van der Waals surface area contributed by atoms with E-state index in [0.717, 1.165) is 17.2 Å². The molecule has 1 aliphatic rings. The number of hydrogen-bond acceptors (Lipinski definition) is 5. The van der Waals surface area contributed by atoms with Crippen LogP contribution in [0.15, 0.2) is 24.3 Å². The number of rotatable bonds is 6. The molecular weight excluding hydrogens is 290 g/mol. The minimum absolute atomic E-state index is 0.498. The summed E-state index contributed by atoms with van der Waals surface area (Å²) in [7, 11) is 3.96. The summed E-state index contributed by atoms with van der Waals surface area (Å²) < 4.78 is 2.07. The van der Waals surface area contributed by atoms with Gasteiger partial charge in [-0.2, -0.15) is 5.26 Å². The van der Waals surface area contributed by atoms with Crippen LogP contribution in [0.3, 0.4) is 0 Å². The van der Waals surface area contributed by atoms with E-state index in [-0.39, 0.29) is 0 Å². The van der Waals surface area contributed by atoms with Crippen molar-refractivity contribution < 1.29 is 5.11 Å². The molecule has 1 heterocycles. The predicted octanol–water partition coefficient (Wildman–Crippen LogP) is 1.73. The third-order valence-electron chi connectivity index (χ3n) is 4.26. The van der Waals surface area contributed by atoms with E-state index < -0.39 is 6.10 Å². The lowest BCUT2D eigenvalue weighted by molar-refractivity contribution is 0.122. The van der Waals surface area contributed by atoms with Crippen LogP contribution in [0.25, 0.3) is 0 Å². The van der Waals surface area contributed by atoms with Gasteiger partial charge in [-0.25, -0.2) is 0 Å². The highest BCUT2D eigenvalue weighted by Gasteiger charge is 2.29. The fourth-order valence-electron chi connectivity index (χ4n) is 2.70. The highest BCUT2D eigenvalue weighted by molar-refractivity contribution is 5.32. The molecule has 2 aromatic rings. The molecule has 0 radical (unpaired) electrons. The Balaban J connectivity index is 1.59. The Hall–Kier alpha value is -2.23. The Morgan fingerprint density at radius 1 is 1.35 bits per heavy atom. The smallest absolute Gasteiger partial charge is 0.146 e. The lowest BCUT2D eigenvalue weighted by Crippen LogP contribution is -2.25. The Morgan fingerprint density at radius 2 is 2.04 bits per heavy atom. The summed E-state index contributed by atoms with van der Waals surface area (Å²) in [5, 5.41) is 27.7. The monoisotopic (exact) mass is 311 g/mol. The first kappa shape index (κ1) is 15.7. The number of benzene rings is 1. The van der Waals surface area contributed by atoms with E-state index in [9.17, 15) is 5.11 Å². The summed E-state index contributed by atoms with van der Waals surface area (Å²) in [6.07, 6.45) is 1.82. The molecule has 1 aromatic heterocycles. The third kappa shape index (κ3) is 3.58. The van der Waals surface area contributed by atoms with Gasteiger partial charge in [0.2, 0.25) is 0 Å². The second kappa shape index (κ2) is 6.49. The molecular formula is C17H21N5O. The minimum Gasteiger partial charge on any atom is -0.387 e. The van der Waals surface area contributed by atoms with E-state index in [2.05, 4.69) is 20.8 Å². The molecule has 120 valence electrons. The fourth-order valence-corrected chi connectivity index (χ4v) is 2.70. The molecule has 1 unspecified atom stereocenters. The molecule has 1 fully saturated rings. The van der Waals surface area contributed by atoms with Gasteiger partial charge in [-0.1, -0.05) is 12.1 Å². The van der Waals surface area contributed by atoms with Crippen molar-refractivity contribution in [2.24, 2.45) is 7.05 Å². The van der Waals surface area contributed by atoms with Crippen molar-refractivity contribution in [2.45, 2.75) is 31.4 Å². The standard InChI is InChI=1S/C17H21N5O/c1-21(10-15(23)13-5-3-12(9-18)4-6-13)11-16-19-20-17(22(16)2)14-7-8-14/h3-6,14-15,23H,7-8,10-11H2,1-2H3. The maximum Gasteiger partial charge on any atom is 0.146 e. The summed E-state index contributed by atoms with van der Waals surface area (Å²) in [5.74, 6) is 2.57. The van der Waals surface area contributed by atoms with Crippen LogP contribution in [-0.4, -0.2) is 38.4 Å². The zero-order valence-electron chi connectivity index (χ0n) is 13.5. The van der Waals surface area contributed by atoms with Crippen molar-refractivity contribution in [3.8, 4) is 6.07 Å². The molecule has 6 heteroatoms. The average molecular weight is 311 g/mol. The highest BCUT2D eigenvalue weighted by Crippen LogP contribution is 2.38. The van der Waals surface area contributed by atoms with Crippen molar-refractivity contribution in [3.05, 3.63) is 47.0 Å². The van der Waals surface area contributed by atoms with Gasteiger partial charge in [-0.05, 0) is 37.6 Å². The van der Waals surface area contributed by atoms with Gasteiger partial charge in [-0.15, -0.1) is 10.2 Å². The van der Waals surface area contributed by atoms with Crippen LogP contribution in [-0.2, 0) is 13.6 Å². The van der Waals surface area contributed by atoms with Crippen LogP contribution < -0.4 is 0 Å². The van der Waals surface area contributed by atoms with Gasteiger partial charge in [-0.3, -0.25) is 4.90 Å². The average Bonchev–Trinajstić information content (AvgIpc) is 3.33. The molecule has 1 atom stereocenters. The molecule has 0 aliphatic heterocycles. The number of aromatic nitrogens is 3. The lowest BCUT2D eigenvalue weighted by atomic mass is 10.1. The Kier molecular flexibility index (Phi) is 4.42. The van der Waals surface area contributed by atoms with Gasteiger partial charge in [0.1, 0.15) is 11.6 Å². The first-order valence-corrected chi connectivity index (χ1v) is 7.83. The zero-order valence-corrected chi connectivity index (χ0v) is 13.5. The van der Waals surface area contributed by atoms with Crippen molar-refractivity contribution >= 4 is 0 Å². The molecule has 23 heavy (non-hydrogen) atoms. The quantitative estimate of drug-likeness (QED) is 0.879. The first-order valence-electron chi connectivity index (χ1n) is 7.83. The van der Waals surface area contributed by atoms with Crippen LogP contribution in [0.4, 0.5) is 0 Å². The summed E-state index contributed by atoms with van der Waals surface area (Å²) in [4.78, 5) is 2.03. The van der Waals surface area contributed by atoms with Crippen LogP contribution in [0.2, 0.25) is 0 Å². The Morgan fingerprint density at radius 3 is 2.65 bits per heavy atom. The van der Waals surface area contributed by atoms with Gasteiger partial charge in [0.15, 0.2) is 0 Å². The zero-order chi connectivity index (χ0) is 16.4. The topological polar surface area (TPSA) is 78.0 Å². The van der Waals surface area contributed by atoms with Gasteiger partial charge in [0.05, 0.1) is 24.3 Å². The van der Waals surface area contributed by atoms with E-state index in [0.29, 0.717) is 24.6 Å². The SMILES string of the molecule is CN(Cc1nnc(C2CC2)n1C)CC(O)c1ccc(C#N)cc1. The normalized spacial score (nSPS) is 15.6. The summed E-state index contributed by atoms with van der Waals surface area (Å²) in [5.41, 5.74) is 1.41. The number of aliphatic hydroxyl groups excluding tert-OH is 1. The molecule has 0 bridgehead atoms. The number of likely N-dealkylation sites (N-methyl/N-ethyl adjacent to an activating group) is 1. The van der Waals surface area contributed by atoms with Crippen LogP contribution in [0, 0.1) is 11.3 Å². The summed E-state index contributed by atoms with van der Waals surface area (Å²) in [6.45, 7) is 1.14. The van der Waals surface area contributed by atoms with Crippen LogP contribution in [0.1, 0.15) is 47.6 Å². The van der Waals surface area contributed by atoms with Gasteiger partial charge < -0.3 is 9.67 Å². The van der Waals surface area contributed by atoms with E-state index in [1.807, 2.05) is 19.0 Å².